The number of nitrogens with one attached hydrogen (secondary N) is 1. The molecule has 1 saturated heterocycles. The van der Waals surface area contributed by atoms with E-state index in [0.29, 0.717) is 23.0 Å². The number of piperidine rings is 1. The van der Waals surface area contributed by atoms with Gasteiger partial charge in [-0.2, -0.15) is 0 Å². The van der Waals surface area contributed by atoms with Gasteiger partial charge in [-0.1, -0.05) is 12.1 Å². The maximum Gasteiger partial charge on any atom is 0.223 e. The number of fused-ring (bicyclic) bond motifs is 1. The van der Waals surface area contributed by atoms with Gasteiger partial charge in [0.15, 0.2) is 0 Å². The van der Waals surface area contributed by atoms with Crippen LogP contribution in [-0.4, -0.2) is 51.0 Å². The molecule has 2 aliphatic rings. The first-order valence-electron chi connectivity index (χ1n) is 9.50. The Morgan fingerprint density at radius 2 is 2.04 bits per heavy atom. The van der Waals surface area contributed by atoms with Crippen LogP contribution in [0.25, 0.3) is 0 Å². The van der Waals surface area contributed by atoms with Gasteiger partial charge < -0.3 is 14.8 Å². The molecule has 0 bridgehead atoms. The van der Waals surface area contributed by atoms with Crippen molar-refractivity contribution in [3.8, 4) is 0 Å². The van der Waals surface area contributed by atoms with Crippen LogP contribution < -0.4 is 5.32 Å². The molecule has 6 nitrogen and oxygen atoms in total. The third kappa shape index (κ3) is 4.16. The predicted molar refractivity (Wildman–Crippen MR) is 102 cm³/mol. The van der Waals surface area contributed by atoms with Crippen molar-refractivity contribution in [3.05, 3.63) is 41.7 Å². The number of hydrogen-bond donors (Lipinski definition) is 1. The van der Waals surface area contributed by atoms with Crippen LogP contribution in [0.1, 0.15) is 36.8 Å². The summed E-state index contributed by atoms with van der Waals surface area (Å²) in [5, 5.41) is 12.0. The Kier molecular flexibility index (Phi) is 5.73. The molecule has 1 fully saturated rings. The van der Waals surface area contributed by atoms with E-state index in [4.69, 9.17) is 0 Å². The van der Waals surface area contributed by atoms with Gasteiger partial charge in [-0.15, -0.1) is 22.0 Å². The first-order valence-corrected chi connectivity index (χ1v) is 10.5. The van der Waals surface area contributed by atoms with E-state index in [1.165, 1.54) is 17.8 Å². The first-order chi connectivity index (χ1) is 13.2. The van der Waals surface area contributed by atoms with Gasteiger partial charge >= 0.3 is 0 Å². The summed E-state index contributed by atoms with van der Waals surface area (Å²) < 4.78 is 15.9. The lowest BCUT2D eigenvalue weighted by Gasteiger charge is -2.32. The number of amides is 1. The average Bonchev–Trinajstić information content (AvgIpc) is 3.14. The van der Waals surface area contributed by atoms with Crippen molar-refractivity contribution in [2.45, 2.75) is 43.2 Å². The van der Waals surface area contributed by atoms with E-state index in [1.807, 2.05) is 11.0 Å². The number of halogens is 1. The Morgan fingerprint density at radius 3 is 2.85 bits per heavy atom. The Balaban J connectivity index is 1.26. The minimum absolute atomic E-state index is 0.157. The maximum absolute atomic E-state index is 13.6. The van der Waals surface area contributed by atoms with Crippen molar-refractivity contribution in [2.75, 3.05) is 25.4 Å². The van der Waals surface area contributed by atoms with Crippen molar-refractivity contribution in [2.24, 2.45) is 0 Å². The van der Waals surface area contributed by atoms with Crippen molar-refractivity contribution < 1.29 is 9.18 Å². The van der Waals surface area contributed by atoms with E-state index >= 15 is 0 Å². The molecule has 144 valence electrons. The molecule has 0 unspecified atom stereocenters. The van der Waals surface area contributed by atoms with Gasteiger partial charge in [0.2, 0.25) is 5.91 Å². The van der Waals surface area contributed by atoms with Crippen molar-refractivity contribution >= 4 is 17.7 Å². The molecule has 27 heavy (non-hydrogen) atoms. The van der Waals surface area contributed by atoms with E-state index in [9.17, 15) is 9.18 Å². The van der Waals surface area contributed by atoms with E-state index in [-0.39, 0.29) is 11.7 Å². The largest absolute Gasteiger partial charge is 0.343 e. The van der Waals surface area contributed by atoms with Gasteiger partial charge in [-0.3, -0.25) is 4.79 Å². The molecule has 2 aliphatic heterocycles. The van der Waals surface area contributed by atoms with Crippen LogP contribution in [0.2, 0.25) is 0 Å². The van der Waals surface area contributed by atoms with Gasteiger partial charge in [0.25, 0.3) is 0 Å². The van der Waals surface area contributed by atoms with E-state index < -0.39 is 0 Å². The van der Waals surface area contributed by atoms with Crippen molar-refractivity contribution in [1.29, 1.82) is 0 Å². The van der Waals surface area contributed by atoms with E-state index in [2.05, 4.69) is 20.1 Å². The van der Waals surface area contributed by atoms with Crippen LogP contribution in [0.4, 0.5) is 4.39 Å². The fourth-order valence-electron chi connectivity index (χ4n) is 3.77. The SMILES string of the molecule is O=C(CCSc1ccccc1F)N1CCC(c2nnc3n2CCNC3)CC1. The second-order valence-corrected chi connectivity index (χ2v) is 8.12. The molecule has 1 aromatic carbocycles. The highest BCUT2D eigenvalue weighted by atomic mass is 32.2. The first kappa shape index (κ1) is 18.4. The minimum atomic E-state index is -0.220. The summed E-state index contributed by atoms with van der Waals surface area (Å²) in [4.78, 5) is 15.0. The fourth-order valence-corrected chi connectivity index (χ4v) is 4.65. The molecule has 0 spiro atoms. The number of nitrogens with zero attached hydrogens (tertiary/aromatic N) is 4. The molecule has 2 aromatic rings. The lowest BCUT2D eigenvalue weighted by molar-refractivity contribution is -0.131. The zero-order chi connectivity index (χ0) is 18.6. The Hall–Kier alpha value is -1.93. The van der Waals surface area contributed by atoms with Gasteiger partial charge in [0.05, 0.1) is 6.54 Å². The molecule has 0 saturated carbocycles. The summed E-state index contributed by atoms with van der Waals surface area (Å²) in [6.07, 6.45) is 2.30. The molecule has 0 radical (unpaired) electrons. The molecule has 8 heteroatoms. The highest BCUT2D eigenvalue weighted by molar-refractivity contribution is 7.99. The second-order valence-electron chi connectivity index (χ2n) is 6.99. The number of hydrogen-bond acceptors (Lipinski definition) is 5. The molecule has 3 heterocycles. The average molecular weight is 390 g/mol. The summed E-state index contributed by atoms with van der Waals surface area (Å²) in [7, 11) is 0. The molecule has 0 aliphatic carbocycles. The summed E-state index contributed by atoms with van der Waals surface area (Å²) in [6.45, 7) is 4.17. The smallest absolute Gasteiger partial charge is 0.223 e. The summed E-state index contributed by atoms with van der Waals surface area (Å²) >= 11 is 1.40. The van der Waals surface area contributed by atoms with Crippen molar-refractivity contribution in [3.63, 3.8) is 0 Å². The normalized spacial score (nSPS) is 17.7. The van der Waals surface area contributed by atoms with Gasteiger partial charge in [-0.25, -0.2) is 4.39 Å². The number of benzene rings is 1. The number of aromatic nitrogens is 3. The lowest BCUT2D eigenvalue weighted by Crippen LogP contribution is -2.39. The topological polar surface area (TPSA) is 63.1 Å². The number of rotatable bonds is 5. The standard InChI is InChI=1S/C19H24FN5OS/c20-15-3-1-2-4-16(15)27-12-7-18(26)24-9-5-14(6-10-24)19-23-22-17-13-21-8-11-25(17)19/h1-4,14,21H,5-13H2. The molecular formula is C19H24FN5OS. The van der Waals surface area contributed by atoms with Crippen LogP contribution in [0.3, 0.4) is 0 Å². The highest BCUT2D eigenvalue weighted by Gasteiger charge is 2.28. The molecule has 1 amide bonds. The van der Waals surface area contributed by atoms with Crippen molar-refractivity contribution in [1.82, 2.24) is 25.0 Å². The summed E-state index contributed by atoms with van der Waals surface area (Å²) in [5.74, 6) is 3.01. The Morgan fingerprint density at radius 1 is 1.22 bits per heavy atom. The van der Waals surface area contributed by atoms with Crippen LogP contribution in [0.5, 0.6) is 0 Å². The minimum Gasteiger partial charge on any atom is -0.343 e. The number of thioether (sulfide) groups is 1. The fraction of sp³-hybridized carbons (Fsp3) is 0.526. The number of carbonyl (C=O) groups excluding carboxylic acids is 1. The molecule has 1 N–H and O–H groups in total. The Labute approximate surface area is 162 Å². The summed E-state index contributed by atoms with van der Waals surface area (Å²) in [6, 6.07) is 6.70. The molecule has 0 atom stereocenters. The van der Waals surface area contributed by atoms with Crippen LogP contribution in [0.15, 0.2) is 29.2 Å². The second kappa shape index (κ2) is 8.39. The third-order valence-electron chi connectivity index (χ3n) is 5.27. The summed E-state index contributed by atoms with van der Waals surface area (Å²) in [5.41, 5.74) is 0. The zero-order valence-corrected chi connectivity index (χ0v) is 16.1. The van der Waals surface area contributed by atoms with Crippen LogP contribution in [-0.2, 0) is 17.9 Å². The van der Waals surface area contributed by atoms with Gasteiger partial charge in [0, 0.05) is 49.2 Å². The monoisotopic (exact) mass is 389 g/mol. The molecule has 4 rings (SSSR count). The molecular weight excluding hydrogens is 365 g/mol. The van der Waals surface area contributed by atoms with E-state index in [1.54, 1.807) is 12.1 Å². The predicted octanol–water partition coefficient (Wildman–Crippen LogP) is 2.41. The third-order valence-corrected chi connectivity index (χ3v) is 6.32. The molecule has 1 aromatic heterocycles. The quantitative estimate of drug-likeness (QED) is 0.796. The lowest BCUT2D eigenvalue weighted by atomic mass is 9.95. The van der Waals surface area contributed by atoms with Gasteiger partial charge in [0.1, 0.15) is 17.5 Å². The zero-order valence-electron chi connectivity index (χ0n) is 15.2. The van der Waals surface area contributed by atoms with Crippen LogP contribution >= 0.6 is 11.8 Å². The van der Waals surface area contributed by atoms with Gasteiger partial charge in [-0.05, 0) is 25.0 Å². The number of carbonyl (C=O) groups is 1. The van der Waals surface area contributed by atoms with E-state index in [0.717, 1.165) is 57.2 Å². The van der Waals surface area contributed by atoms with Crippen LogP contribution in [0, 0.1) is 5.82 Å². The highest BCUT2D eigenvalue weighted by Crippen LogP contribution is 2.28. The Bertz CT molecular complexity index is 803. The maximum atomic E-state index is 13.6. The number of likely N-dealkylation sites (tertiary alicyclic amines) is 1.